The summed E-state index contributed by atoms with van der Waals surface area (Å²) in [6, 6.07) is 10.9. The number of hydrogen-bond acceptors (Lipinski definition) is 4. The van der Waals surface area contributed by atoms with Gasteiger partial charge in [0.2, 0.25) is 0 Å². The quantitative estimate of drug-likeness (QED) is 0.347. The lowest BCUT2D eigenvalue weighted by molar-refractivity contribution is -0.275. The molecule has 0 aromatic heterocycles. The maximum atomic E-state index is 13.4. The van der Waals surface area contributed by atoms with Crippen LogP contribution in [-0.2, 0) is 0 Å². The Balaban J connectivity index is 2.13. The van der Waals surface area contributed by atoms with Gasteiger partial charge in [-0.1, -0.05) is 41.4 Å². The predicted molar refractivity (Wildman–Crippen MR) is 122 cm³/mol. The second-order valence-electron chi connectivity index (χ2n) is 7.09. The Bertz CT molecular complexity index is 1280. The third-order valence-electron chi connectivity index (χ3n) is 4.66. The zero-order valence-corrected chi connectivity index (χ0v) is 19.2. The molecule has 0 bridgehead atoms. The van der Waals surface area contributed by atoms with E-state index >= 15 is 0 Å². The van der Waals surface area contributed by atoms with Crippen LogP contribution in [0.25, 0.3) is 0 Å². The molecule has 3 aromatic rings. The summed E-state index contributed by atoms with van der Waals surface area (Å²) >= 11 is 12.5. The molecule has 0 aliphatic heterocycles. The van der Waals surface area contributed by atoms with Gasteiger partial charge in [-0.2, -0.15) is 0 Å². The van der Waals surface area contributed by atoms with Crippen LogP contribution in [0.1, 0.15) is 27.0 Å². The molecule has 0 unspecified atom stereocenters. The zero-order chi connectivity index (χ0) is 25.2. The summed E-state index contributed by atoms with van der Waals surface area (Å²) < 4.78 is 48.3. The monoisotopic (exact) mass is 512 g/mol. The molecule has 0 fully saturated rings. The number of nitrogens with two attached hydrogens (primary N) is 1. The van der Waals surface area contributed by atoms with Crippen LogP contribution < -0.4 is 20.5 Å². The van der Waals surface area contributed by atoms with Gasteiger partial charge in [0, 0.05) is 11.1 Å². The fourth-order valence-electron chi connectivity index (χ4n) is 3.24. The number of benzene rings is 3. The number of ether oxygens (including phenoxy) is 2. The van der Waals surface area contributed by atoms with Crippen LogP contribution in [0.2, 0.25) is 10.0 Å². The molecule has 3 rings (SSSR count). The molecular formula is C23H17Cl2F3N2O4. The topological polar surface area (TPSA) is 90.6 Å². The number of carbonyl (C=O) groups is 2. The van der Waals surface area contributed by atoms with Crippen molar-refractivity contribution in [1.29, 1.82) is 0 Å². The number of carbonyl (C=O) groups excluding carboxylic acids is 2. The lowest BCUT2D eigenvalue weighted by atomic mass is 10.00. The standard InChI is InChI=1S/C23H17Cl2F3N2O4/c1-11-10-17(19(25)12(2)21(11)34-23(26,27)28)33-16-9-5-8-15(30-22(29)32)18(16)20(31)13-6-3-4-7-14(13)24/h3-10H,1-2H3,(H3,29,30,32). The van der Waals surface area contributed by atoms with Gasteiger partial charge >= 0.3 is 12.4 Å². The van der Waals surface area contributed by atoms with Crippen molar-refractivity contribution in [1.82, 2.24) is 0 Å². The first kappa shape index (κ1) is 25.2. The molecule has 3 aromatic carbocycles. The van der Waals surface area contributed by atoms with Gasteiger partial charge in [0.05, 0.1) is 21.3 Å². The second-order valence-corrected chi connectivity index (χ2v) is 7.87. The Hall–Kier alpha value is -3.43. The molecule has 34 heavy (non-hydrogen) atoms. The summed E-state index contributed by atoms with van der Waals surface area (Å²) in [5.74, 6) is -1.12. The van der Waals surface area contributed by atoms with E-state index in [1.807, 2.05) is 0 Å². The summed E-state index contributed by atoms with van der Waals surface area (Å²) in [6.45, 7) is 2.72. The highest BCUT2D eigenvalue weighted by molar-refractivity contribution is 6.35. The number of aryl methyl sites for hydroxylation is 1. The zero-order valence-electron chi connectivity index (χ0n) is 17.7. The number of nitrogens with one attached hydrogen (secondary N) is 1. The van der Waals surface area contributed by atoms with E-state index < -0.39 is 23.9 Å². The van der Waals surface area contributed by atoms with Crippen molar-refractivity contribution in [2.75, 3.05) is 5.32 Å². The fraction of sp³-hybridized carbons (Fsp3) is 0.130. The SMILES string of the molecule is Cc1cc(Oc2cccc(NC(N)=O)c2C(=O)c2ccccc2Cl)c(Cl)c(C)c1OC(F)(F)F. The average molecular weight is 513 g/mol. The molecule has 2 amide bonds. The molecule has 0 heterocycles. The van der Waals surface area contributed by atoms with Gasteiger partial charge in [0.1, 0.15) is 17.2 Å². The maximum Gasteiger partial charge on any atom is 0.573 e. The number of ketones is 1. The molecule has 0 aliphatic carbocycles. The molecule has 11 heteroatoms. The second kappa shape index (κ2) is 9.82. The van der Waals surface area contributed by atoms with Crippen LogP contribution in [0, 0.1) is 13.8 Å². The van der Waals surface area contributed by atoms with Crippen LogP contribution in [0.4, 0.5) is 23.7 Å². The van der Waals surface area contributed by atoms with E-state index in [0.717, 1.165) is 0 Å². The summed E-state index contributed by atoms with van der Waals surface area (Å²) in [6.07, 6.45) is -4.91. The van der Waals surface area contributed by atoms with Gasteiger partial charge < -0.3 is 20.5 Å². The summed E-state index contributed by atoms with van der Waals surface area (Å²) in [7, 11) is 0. The molecule has 0 spiro atoms. The van der Waals surface area contributed by atoms with Crippen LogP contribution in [0.5, 0.6) is 17.2 Å². The van der Waals surface area contributed by atoms with Crippen LogP contribution >= 0.6 is 23.2 Å². The Morgan fingerprint density at radius 2 is 1.68 bits per heavy atom. The summed E-state index contributed by atoms with van der Waals surface area (Å²) in [5.41, 5.74) is 5.40. The molecule has 0 saturated heterocycles. The van der Waals surface area contributed by atoms with E-state index in [1.54, 1.807) is 12.1 Å². The Morgan fingerprint density at radius 3 is 2.29 bits per heavy atom. The van der Waals surface area contributed by atoms with Crippen LogP contribution in [0.3, 0.4) is 0 Å². The Morgan fingerprint density at radius 1 is 1.00 bits per heavy atom. The number of alkyl halides is 3. The van der Waals surface area contributed by atoms with Gasteiger partial charge in [-0.25, -0.2) is 4.79 Å². The molecule has 0 radical (unpaired) electrons. The first-order valence-electron chi connectivity index (χ1n) is 9.61. The number of hydrogen-bond donors (Lipinski definition) is 2. The number of primary amides is 1. The van der Waals surface area contributed by atoms with Gasteiger partial charge in [-0.15, -0.1) is 13.2 Å². The largest absolute Gasteiger partial charge is 0.573 e. The van der Waals surface area contributed by atoms with E-state index in [1.165, 1.54) is 50.2 Å². The van der Waals surface area contributed by atoms with Crippen molar-refractivity contribution >= 4 is 40.7 Å². The number of rotatable bonds is 6. The first-order chi connectivity index (χ1) is 15.9. The Kier molecular flexibility index (Phi) is 7.28. The van der Waals surface area contributed by atoms with Crippen molar-refractivity contribution in [2.45, 2.75) is 20.2 Å². The van der Waals surface area contributed by atoms with Gasteiger partial charge in [0.15, 0.2) is 5.78 Å². The predicted octanol–water partition coefficient (Wildman–Crippen LogP) is 7.02. The molecule has 178 valence electrons. The highest BCUT2D eigenvalue weighted by atomic mass is 35.5. The normalized spacial score (nSPS) is 11.1. The third-order valence-corrected chi connectivity index (χ3v) is 5.46. The van der Waals surface area contributed by atoms with E-state index in [4.69, 9.17) is 33.7 Å². The number of urea groups is 1. The first-order valence-corrected chi connectivity index (χ1v) is 10.4. The molecule has 0 atom stereocenters. The summed E-state index contributed by atoms with van der Waals surface area (Å²) in [4.78, 5) is 24.9. The number of halogens is 5. The minimum Gasteiger partial charge on any atom is -0.455 e. The molecular weight excluding hydrogens is 496 g/mol. The highest BCUT2D eigenvalue weighted by Gasteiger charge is 2.33. The Labute approximate surface area is 202 Å². The highest BCUT2D eigenvalue weighted by Crippen LogP contribution is 2.42. The average Bonchev–Trinajstić information content (AvgIpc) is 2.74. The van der Waals surface area contributed by atoms with Crippen LogP contribution in [0.15, 0.2) is 48.5 Å². The smallest absolute Gasteiger partial charge is 0.455 e. The minimum atomic E-state index is -4.91. The molecule has 6 nitrogen and oxygen atoms in total. The van der Waals surface area contributed by atoms with Crippen LogP contribution in [-0.4, -0.2) is 18.2 Å². The number of amides is 2. The van der Waals surface area contributed by atoms with Gasteiger partial charge in [-0.05, 0) is 49.7 Å². The number of anilines is 1. The van der Waals surface area contributed by atoms with Crippen molar-refractivity contribution in [3.8, 4) is 17.2 Å². The van der Waals surface area contributed by atoms with Crippen molar-refractivity contribution in [2.24, 2.45) is 5.73 Å². The fourth-order valence-corrected chi connectivity index (χ4v) is 3.64. The lowest BCUT2D eigenvalue weighted by Gasteiger charge is -2.19. The van der Waals surface area contributed by atoms with Crippen molar-refractivity contribution in [3.63, 3.8) is 0 Å². The lowest BCUT2D eigenvalue weighted by Crippen LogP contribution is -2.21. The molecule has 3 N–H and O–H groups in total. The summed E-state index contributed by atoms with van der Waals surface area (Å²) in [5, 5.41) is 2.36. The third kappa shape index (κ3) is 5.55. The molecule has 0 aliphatic rings. The van der Waals surface area contributed by atoms with E-state index in [0.29, 0.717) is 0 Å². The maximum absolute atomic E-state index is 13.4. The van der Waals surface area contributed by atoms with E-state index in [9.17, 15) is 22.8 Å². The van der Waals surface area contributed by atoms with E-state index in [2.05, 4.69) is 10.1 Å². The van der Waals surface area contributed by atoms with Gasteiger partial charge in [0.25, 0.3) is 0 Å². The van der Waals surface area contributed by atoms with Crippen molar-refractivity contribution in [3.05, 3.63) is 80.8 Å². The minimum absolute atomic E-state index is 0.0145. The van der Waals surface area contributed by atoms with E-state index in [-0.39, 0.29) is 49.5 Å². The molecule has 0 saturated carbocycles. The van der Waals surface area contributed by atoms with Crippen molar-refractivity contribution < 1.29 is 32.2 Å². The van der Waals surface area contributed by atoms with Gasteiger partial charge in [-0.3, -0.25) is 4.79 Å².